The summed E-state index contributed by atoms with van der Waals surface area (Å²) in [4.78, 5) is 11.7. The van der Waals surface area contributed by atoms with Gasteiger partial charge in [-0.1, -0.05) is 18.2 Å². The molecule has 18 heavy (non-hydrogen) atoms. The lowest BCUT2D eigenvalue weighted by Gasteiger charge is -2.19. The van der Waals surface area contributed by atoms with Gasteiger partial charge < -0.3 is 11.1 Å². The van der Waals surface area contributed by atoms with Crippen LogP contribution in [-0.2, 0) is 11.2 Å². The predicted octanol–water partition coefficient (Wildman–Crippen LogP) is 2.09. The Morgan fingerprint density at radius 1 is 1.28 bits per heavy atom. The molecule has 0 fully saturated rings. The first kappa shape index (κ1) is 14.7. The maximum Gasteiger partial charge on any atom is 0.220 e. The molecular formula is C15H24N2O. The number of amides is 1. The molecule has 1 rings (SSSR count). The summed E-state index contributed by atoms with van der Waals surface area (Å²) in [5.41, 5.74) is 9.25. The lowest BCUT2D eigenvalue weighted by Crippen LogP contribution is -2.45. The molecule has 1 amide bonds. The molecule has 100 valence electrons. The van der Waals surface area contributed by atoms with E-state index in [-0.39, 0.29) is 11.4 Å². The van der Waals surface area contributed by atoms with Gasteiger partial charge in [0, 0.05) is 18.5 Å². The molecule has 0 bridgehead atoms. The Hall–Kier alpha value is -1.35. The number of benzene rings is 1. The Bertz CT molecular complexity index is 399. The van der Waals surface area contributed by atoms with Crippen molar-refractivity contribution >= 4 is 5.91 Å². The highest BCUT2D eigenvalue weighted by molar-refractivity contribution is 5.76. The summed E-state index contributed by atoms with van der Waals surface area (Å²) in [6, 6.07) is 6.22. The van der Waals surface area contributed by atoms with Gasteiger partial charge >= 0.3 is 0 Å². The molecular weight excluding hydrogens is 224 g/mol. The van der Waals surface area contributed by atoms with Crippen LogP contribution in [-0.4, -0.2) is 18.0 Å². The van der Waals surface area contributed by atoms with Gasteiger partial charge in [-0.2, -0.15) is 0 Å². The van der Waals surface area contributed by atoms with Crippen LogP contribution in [0.1, 0.15) is 37.0 Å². The van der Waals surface area contributed by atoms with Gasteiger partial charge in [-0.25, -0.2) is 0 Å². The highest BCUT2D eigenvalue weighted by Gasteiger charge is 2.12. The molecule has 0 spiro atoms. The Labute approximate surface area is 110 Å². The predicted molar refractivity (Wildman–Crippen MR) is 75.5 cm³/mol. The molecule has 0 aliphatic heterocycles. The van der Waals surface area contributed by atoms with Crippen LogP contribution < -0.4 is 11.1 Å². The molecule has 0 unspecified atom stereocenters. The molecule has 0 aliphatic carbocycles. The van der Waals surface area contributed by atoms with Crippen molar-refractivity contribution in [3.63, 3.8) is 0 Å². The number of nitrogens with one attached hydrogen (secondary N) is 1. The molecule has 3 nitrogen and oxygen atoms in total. The SMILES string of the molecule is Cc1cccc(C)c1CCC(=O)NCC(C)(C)N. The van der Waals surface area contributed by atoms with E-state index in [4.69, 9.17) is 5.73 Å². The third-order valence-electron chi connectivity index (χ3n) is 2.99. The van der Waals surface area contributed by atoms with E-state index in [2.05, 4.69) is 31.3 Å². The number of carbonyl (C=O) groups excluding carboxylic acids is 1. The van der Waals surface area contributed by atoms with Crippen LogP contribution in [0.15, 0.2) is 18.2 Å². The third kappa shape index (κ3) is 4.88. The zero-order valence-electron chi connectivity index (χ0n) is 11.8. The molecule has 0 heterocycles. The lowest BCUT2D eigenvalue weighted by atomic mass is 9.98. The lowest BCUT2D eigenvalue weighted by molar-refractivity contribution is -0.121. The van der Waals surface area contributed by atoms with E-state index in [9.17, 15) is 4.79 Å². The minimum atomic E-state index is -0.353. The molecule has 0 saturated heterocycles. The number of rotatable bonds is 5. The summed E-state index contributed by atoms with van der Waals surface area (Å²) in [5.74, 6) is 0.0659. The maximum absolute atomic E-state index is 11.7. The Morgan fingerprint density at radius 3 is 2.33 bits per heavy atom. The van der Waals surface area contributed by atoms with Gasteiger partial charge in [0.2, 0.25) is 5.91 Å². The summed E-state index contributed by atoms with van der Waals surface area (Å²) in [7, 11) is 0. The molecule has 0 saturated carbocycles. The molecule has 0 aliphatic rings. The Kier molecular flexibility index (Phi) is 4.91. The number of aryl methyl sites for hydroxylation is 2. The molecule has 1 aromatic rings. The van der Waals surface area contributed by atoms with E-state index in [1.807, 2.05) is 19.9 Å². The Balaban J connectivity index is 2.48. The van der Waals surface area contributed by atoms with Gasteiger partial charge in [-0.05, 0) is 50.8 Å². The summed E-state index contributed by atoms with van der Waals surface area (Å²) in [5, 5.41) is 2.87. The standard InChI is InChI=1S/C15H24N2O/c1-11-6-5-7-12(2)13(11)8-9-14(18)17-10-15(3,4)16/h5-7H,8-10,16H2,1-4H3,(H,17,18). The first-order valence-electron chi connectivity index (χ1n) is 6.40. The zero-order valence-corrected chi connectivity index (χ0v) is 11.8. The van der Waals surface area contributed by atoms with E-state index in [1.54, 1.807) is 0 Å². The van der Waals surface area contributed by atoms with Crippen molar-refractivity contribution < 1.29 is 4.79 Å². The molecule has 1 aromatic carbocycles. The van der Waals surface area contributed by atoms with E-state index in [1.165, 1.54) is 16.7 Å². The number of carbonyl (C=O) groups is 1. The van der Waals surface area contributed by atoms with Crippen molar-refractivity contribution in [1.82, 2.24) is 5.32 Å². The van der Waals surface area contributed by atoms with Crippen LogP contribution in [0, 0.1) is 13.8 Å². The quantitative estimate of drug-likeness (QED) is 0.838. The Morgan fingerprint density at radius 2 is 1.83 bits per heavy atom. The highest BCUT2D eigenvalue weighted by Crippen LogP contribution is 2.15. The van der Waals surface area contributed by atoms with E-state index >= 15 is 0 Å². The van der Waals surface area contributed by atoms with Crippen molar-refractivity contribution in [2.45, 2.75) is 46.1 Å². The molecule has 0 radical (unpaired) electrons. The first-order chi connectivity index (χ1) is 8.29. The maximum atomic E-state index is 11.7. The monoisotopic (exact) mass is 248 g/mol. The summed E-state index contributed by atoms with van der Waals surface area (Å²) >= 11 is 0. The molecule has 0 atom stereocenters. The first-order valence-corrected chi connectivity index (χ1v) is 6.40. The van der Waals surface area contributed by atoms with Crippen LogP contribution in [0.5, 0.6) is 0 Å². The van der Waals surface area contributed by atoms with Crippen LogP contribution in [0.3, 0.4) is 0 Å². The van der Waals surface area contributed by atoms with Crippen LogP contribution in [0.2, 0.25) is 0 Å². The van der Waals surface area contributed by atoms with Gasteiger partial charge in [0.05, 0.1) is 0 Å². The van der Waals surface area contributed by atoms with Crippen molar-refractivity contribution in [1.29, 1.82) is 0 Å². The van der Waals surface area contributed by atoms with Crippen molar-refractivity contribution in [2.24, 2.45) is 5.73 Å². The summed E-state index contributed by atoms with van der Waals surface area (Å²) in [6.07, 6.45) is 1.30. The zero-order chi connectivity index (χ0) is 13.8. The van der Waals surface area contributed by atoms with E-state index in [0.29, 0.717) is 13.0 Å². The minimum absolute atomic E-state index is 0.0659. The summed E-state index contributed by atoms with van der Waals surface area (Å²) in [6.45, 7) is 8.49. The highest BCUT2D eigenvalue weighted by atomic mass is 16.1. The van der Waals surface area contributed by atoms with Gasteiger partial charge in [0.25, 0.3) is 0 Å². The largest absolute Gasteiger partial charge is 0.354 e. The number of hydrogen-bond acceptors (Lipinski definition) is 2. The van der Waals surface area contributed by atoms with Gasteiger partial charge in [-0.15, -0.1) is 0 Å². The second-order valence-electron chi connectivity index (χ2n) is 5.64. The van der Waals surface area contributed by atoms with E-state index in [0.717, 1.165) is 6.42 Å². The van der Waals surface area contributed by atoms with Crippen LogP contribution >= 0.6 is 0 Å². The fourth-order valence-corrected chi connectivity index (χ4v) is 1.90. The molecule has 0 aromatic heterocycles. The normalized spacial score (nSPS) is 11.4. The van der Waals surface area contributed by atoms with Crippen LogP contribution in [0.25, 0.3) is 0 Å². The van der Waals surface area contributed by atoms with Crippen molar-refractivity contribution in [2.75, 3.05) is 6.54 Å². The summed E-state index contributed by atoms with van der Waals surface area (Å²) < 4.78 is 0. The van der Waals surface area contributed by atoms with Gasteiger partial charge in [0.15, 0.2) is 0 Å². The molecule has 3 N–H and O–H groups in total. The van der Waals surface area contributed by atoms with E-state index < -0.39 is 0 Å². The smallest absolute Gasteiger partial charge is 0.220 e. The fourth-order valence-electron chi connectivity index (χ4n) is 1.90. The topological polar surface area (TPSA) is 55.1 Å². The molecule has 3 heteroatoms. The second-order valence-corrected chi connectivity index (χ2v) is 5.64. The van der Waals surface area contributed by atoms with Gasteiger partial charge in [0.1, 0.15) is 0 Å². The van der Waals surface area contributed by atoms with Crippen molar-refractivity contribution in [3.8, 4) is 0 Å². The fraction of sp³-hybridized carbons (Fsp3) is 0.533. The minimum Gasteiger partial charge on any atom is -0.354 e. The van der Waals surface area contributed by atoms with Crippen LogP contribution in [0.4, 0.5) is 0 Å². The average Bonchev–Trinajstić information content (AvgIpc) is 2.25. The number of nitrogens with two attached hydrogens (primary N) is 1. The van der Waals surface area contributed by atoms with Gasteiger partial charge in [-0.3, -0.25) is 4.79 Å². The average molecular weight is 248 g/mol. The second kappa shape index (κ2) is 6.01. The number of hydrogen-bond donors (Lipinski definition) is 2. The van der Waals surface area contributed by atoms with Crippen molar-refractivity contribution in [3.05, 3.63) is 34.9 Å². The third-order valence-corrected chi connectivity index (χ3v) is 2.99.